The van der Waals surface area contributed by atoms with Crippen LogP contribution in [-0.4, -0.2) is 51.1 Å². The van der Waals surface area contributed by atoms with Crippen molar-refractivity contribution in [3.63, 3.8) is 0 Å². The van der Waals surface area contributed by atoms with Crippen LogP contribution >= 0.6 is 0 Å². The third-order valence-electron chi connectivity index (χ3n) is 5.28. The minimum Gasteiger partial charge on any atom is -0.351 e. The molecule has 8 nitrogen and oxygen atoms in total. The van der Waals surface area contributed by atoms with Crippen molar-refractivity contribution >= 4 is 11.8 Å². The van der Waals surface area contributed by atoms with E-state index in [1.165, 1.54) is 0 Å². The van der Waals surface area contributed by atoms with Gasteiger partial charge in [-0.15, -0.1) is 0 Å². The van der Waals surface area contributed by atoms with E-state index >= 15 is 0 Å². The first-order valence-corrected chi connectivity index (χ1v) is 9.38. The summed E-state index contributed by atoms with van der Waals surface area (Å²) in [5, 5.41) is 7.50. The second-order valence-corrected chi connectivity index (χ2v) is 7.26. The molecule has 27 heavy (non-hydrogen) atoms. The number of hydrogen-bond donors (Lipinski definition) is 2. The van der Waals surface area contributed by atoms with Crippen molar-refractivity contribution in [3.8, 4) is 0 Å². The summed E-state index contributed by atoms with van der Waals surface area (Å²) >= 11 is 0. The van der Waals surface area contributed by atoms with Gasteiger partial charge in [0.05, 0.1) is 5.69 Å². The Morgan fingerprint density at radius 2 is 2.07 bits per heavy atom. The summed E-state index contributed by atoms with van der Waals surface area (Å²) in [6.45, 7) is 4.28. The maximum absolute atomic E-state index is 12.8. The van der Waals surface area contributed by atoms with Gasteiger partial charge in [-0.25, -0.2) is 0 Å². The number of aromatic nitrogens is 3. The van der Waals surface area contributed by atoms with Gasteiger partial charge in [-0.2, -0.15) is 5.10 Å². The normalized spacial score (nSPS) is 20.0. The van der Waals surface area contributed by atoms with Gasteiger partial charge in [0.25, 0.3) is 17.4 Å². The van der Waals surface area contributed by atoms with E-state index in [0.717, 1.165) is 30.7 Å². The summed E-state index contributed by atoms with van der Waals surface area (Å²) in [5.74, 6) is -0.278. The number of aryl methyl sites for hydroxylation is 2. The quantitative estimate of drug-likeness (QED) is 0.826. The number of H-pyrrole nitrogens is 1. The van der Waals surface area contributed by atoms with Gasteiger partial charge < -0.3 is 15.2 Å². The van der Waals surface area contributed by atoms with Gasteiger partial charge in [0.15, 0.2) is 0 Å². The fourth-order valence-electron chi connectivity index (χ4n) is 3.82. The molecule has 8 heteroatoms. The van der Waals surface area contributed by atoms with Gasteiger partial charge in [0.1, 0.15) is 11.3 Å². The number of hydrogen-bond acceptors (Lipinski definition) is 4. The second-order valence-electron chi connectivity index (χ2n) is 7.26. The van der Waals surface area contributed by atoms with Crippen LogP contribution in [0.25, 0.3) is 0 Å². The lowest BCUT2D eigenvalue weighted by molar-refractivity contribution is 0.0703. The molecule has 2 aliphatic heterocycles. The Morgan fingerprint density at radius 1 is 1.22 bits per heavy atom. The van der Waals surface area contributed by atoms with E-state index in [1.807, 2.05) is 6.07 Å². The van der Waals surface area contributed by atoms with Crippen molar-refractivity contribution in [3.05, 3.63) is 51.2 Å². The number of carbonyl (C=O) groups is 2. The Morgan fingerprint density at radius 3 is 2.89 bits per heavy atom. The molecule has 4 heterocycles. The van der Waals surface area contributed by atoms with E-state index in [4.69, 9.17) is 0 Å². The lowest BCUT2D eigenvalue weighted by Crippen LogP contribution is -2.41. The molecule has 2 N–H and O–H groups in total. The zero-order valence-corrected chi connectivity index (χ0v) is 15.3. The fraction of sp³-hybridized carbons (Fsp3) is 0.474. The molecular weight excluding hydrogens is 346 g/mol. The molecule has 2 amide bonds. The molecule has 142 valence electrons. The van der Waals surface area contributed by atoms with Gasteiger partial charge in [-0.3, -0.25) is 19.1 Å². The molecule has 4 rings (SSSR count). The Kier molecular flexibility index (Phi) is 4.55. The smallest absolute Gasteiger partial charge is 0.269 e. The van der Waals surface area contributed by atoms with E-state index in [-0.39, 0.29) is 28.9 Å². The van der Waals surface area contributed by atoms with Crippen molar-refractivity contribution in [1.82, 2.24) is 25.0 Å². The van der Waals surface area contributed by atoms with Gasteiger partial charge in [-0.1, -0.05) is 0 Å². The molecule has 2 aromatic heterocycles. The molecule has 0 bridgehead atoms. The van der Waals surface area contributed by atoms with Crippen molar-refractivity contribution in [2.45, 2.75) is 38.6 Å². The number of amides is 2. The van der Waals surface area contributed by atoms with Gasteiger partial charge in [-0.05, 0) is 44.4 Å². The van der Waals surface area contributed by atoms with E-state index in [9.17, 15) is 14.4 Å². The Balaban J connectivity index is 1.55. The third kappa shape index (κ3) is 3.39. The monoisotopic (exact) mass is 369 g/mol. The number of piperidine rings is 1. The number of nitrogens with zero attached hydrogens (tertiary/aromatic N) is 3. The molecule has 2 aliphatic rings. The van der Waals surface area contributed by atoms with Crippen molar-refractivity contribution in [1.29, 1.82) is 0 Å². The van der Waals surface area contributed by atoms with Crippen LogP contribution in [0.15, 0.2) is 23.0 Å². The van der Waals surface area contributed by atoms with Crippen LogP contribution in [0.1, 0.15) is 57.4 Å². The minimum atomic E-state index is -0.354. The lowest BCUT2D eigenvalue weighted by Gasteiger charge is -2.31. The van der Waals surface area contributed by atoms with E-state index < -0.39 is 0 Å². The highest BCUT2D eigenvalue weighted by Gasteiger charge is 2.29. The Labute approximate surface area is 156 Å². The number of pyridine rings is 1. The molecule has 1 fully saturated rings. The highest BCUT2D eigenvalue weighted by molar-refractivity contribution is 5.94. The maximum Gasteiger partial charge on any atom is 0.269 e. The zero-order valence-electron chi connectivity index (χ0n) is 15.3. The minimum absolute atomic E-state index is 0.0689. The van der Waals surface area contributed by atoms with E-state index in [2.05, 4.69) is 15.4 Å². The zero-order chi connectivity index (χ0) is 19.0. The molecular formula is C19H23N5O3. The molecule has 0 aliphatic carbocycles. The molecule has 0 aromatic carbocycles. The highest BCUT2D eigenvalue weighted by atomic mass is 16.2. The molecule has 2 aromatic rings. The molecule has 0 radical (unpaired) electrons. The molecule has 0 saturated carbocycles. The topological polar surface area (TPSA) is 100 Å². The number of fused-ring (bicyclic) bond motifs is 1. The van der Waals surface area contributed by atoms with Crippen LogP contribution in [0.3, 0.4) is 0 Å². The third-order valence-corrected chi connectivity index (χ3v) is 5.28. The van der Waals surface area contributed by atoms with Crippen molar-refractivity contribution < 1.29 is 9.59 Å². The first-order chi connectivity index (χ1) is 13.0. The lowest BCUT2D eigenvalue weighted by atomic mass is 9.94. The average molecular weight is 369 g/mol. The number of nitrogens with one attached hydrogen (secondary N) is 2. The molecule has 0 spiro atoms. The fourth-order valence-corrected chi connectivity index (χ4v) is 3.82. The number of carbonyl (C=O) groups excluding carboxylic acids is 2. The van der Waals surface area contributed by atoms with Crippen molar-refractivity contribution in [2.75, 3.05) is 19.6 Å². The van der Waals surface area contributed by atoms with Crippen LogP contribution in [0, 0.1) is 6.92 Å². The predicted molar refractivity (Wildman–Crippen MR) is 98.9 cm³/mol. The van der Waals surface area contributed by atoms with E-state index in [0.29, 0.717) is 31.9 Å². The summed E-state index contributed by atoms with van der Waals surface area (Å²) in [7, 11) is 0. The first kappa shape index (κ1) is 17.5. The number of aromatic amines is 1. The standard InChI is InChI=1S/C19H23N5O3/c1-12-5-6-14(17(25)21-12)19(27)23-8-2-4-13(11-23)15-10-16-18(26)20-7-3-9-24(16)22-15/h5-6,10,13H,2-4,7-9,11H2,1H3,(H,20,26)(H,21,25)/t13-/m0/s1. The average Bonchev–Trinajstić information content (AvgIpc) is 3.01. The largest absolute Gasteiger partial charge is 0.351 e. The molecule has 1 saturated heterocycles. The number of likely N-dealkylation sites (tertiary alicyclic amines) is 1. The molecule has 0 unspecified atom stereocenters. The number of rotatable bonds is 2. The van der Waals surface area contributed by atoms with Crippen LogP contribution in [-0.2, 0) is 6.54 Å². The van der Waals surface area contributed by atoms with E-state index in [1.54, 1.807) is 28.6 Å². The van der Waals surface area contributed by atoms with Crippen LogP contribution in [0.5, 0.6) is 0 Å². The summed E-state index contributed by atoms with van der Waals surface area (Å²) in [6.07, 6.45) is 2.60. The first-order valence-electron chi connectivity index (χ1n) is 9.38. The predicted octanol–water partition coefficient (Wildman–Crippen LogP) is 1.03. The summed E-state index contributed by atoms with van der Waals surface area (Å²) in [6, 6.07) is 5.17. The van der Waals surface area contributed by atoms with Gasteiger partial charge in [0, 0.05) is 37.8 Å². The summed E-state index contributed by atoms with van der Waals surface area (Å²) < 4.78 is 1.77. The Bertz CT molecular complexity index is 945. The van der Waals surface area contributed by atoms with Crippen LogP contribution in [0.4, 0.5) is 0 Å². The van der Waals surface area contributed by atoms with Crippen molar-refractivity contribution in [2.24, 2.45) is 0 Å². The summed E-state index contributed by atoms with van der Waals surface area (Å²) in [4.78, 5) is 41.5. The SMILES string of the molecule is Cc1ccc(C(=O)N2CCC[C@H](c3cc4n(n3)CCCNC4=O)C2)c(=O)[nH]1. The Hall–Kier alpha value is -2.90. The highest BCUT2D eigenvalue weighted by Crippen LogP contribution is 2.27. The van der Waals surface area contributed by atoms with Gasteiger partial charge >= 0.3 is 0 Å². The molecule has 1 atom stereocenters. The van der Waals surface area contributed by atoms with Crippen LogP contribution in [0.2, 0.25) is 0 Å². The maximum atomic E-state index is 12.8. The van der Waals surface area contributed by atoms with Gasteiger partial charge in [0.2, 0.25) is 0 Å². The van der Waals surface area contributed by atoms with Crippen LogP contribution < -0.4 is 10.9 Å². The summed E-state index contributed by atoms with van der Waals surface area (Å²) in [5.41, 5.74) is 1.97. The second kappa shape index (κ2) is 7.02.